The quantitative estimate of drug-likeness (QED) is 0.608. The molecule has 166 valence electrons. The minimum absolute atomic E-state index is 0.000218. The Morgan fingerprint density at radius 1 is 1.13 bits per heavy atom. The molecule has 1 saturated heterocycles. The van der Waals surface area contributed by atoms with Gasteiger partial charge in [-0.25, -0.2) is 4.79 Å². The van der Waals surface area contributed by atoms with Crippen LogP contribution in [0.2, 0.25) is 0 Å². The van der Waals surface area contributed by atoms with Crippen LogP contribution < -0.4 is 5.32 Å². The Labute approximate surface area is 178 Å². The van der Waals surface area contributed by atoms with E-state index in [0.29, 0.717) is 24.1 Å². The van der Waals surface area contributed by atoms with Crippen LogP contribution in [0.15, 0.2) is 48.5 Å². The zero-order valence-electron chi connectivity index (χ0n) is 17.0. The van der Waals surface area contributed by atoms with Crippen molar-refractivity contribution in [3.8, 4) is 0 Å². The lowest BCUT2D eigenvalue weighted by Crippen LogP contribution is -2.40. The SMILES string of the molecule is CCOC(=O)OC[C@H]1CC[C@@H]2[C@H](O1)c1cc(C(F)(F)F)ccc1N[C@H]2c1ccccc1. The van der Waals surface area contributed by atoms with E-state index >= 15 is 0 Å². The van der Waals surface area contributed by atoms with Gasteiger partial charge in [-0.2, -0.15) is 13.2 Å². The average molecular weight is 435 g/mol. The standard InChI is InChI=1S/C23H24F3NO4/c1-2-29-22(28)30-13-16-9-10-17-20(14-6-4-3-5-7-14)27-19-11-8-15(23(24,25)26)12-18(19)21(17)31-16/h3-8,11-12,16-17,20-21,27H,2,9-10,13H2,1H3/t16-,17+,20+,21+/m1/s1. The fourth-order valence-electron chi connectivity index (χ4n) is 4.37. The Balaban J connectivity index is 1.63. The molecule has 0 saturated carbocycles. The summed E-state index contributed by atoms with van der Waals surface area (Å²) in [5.41, 5.74) is 1.44. The number of carbonyl (C=O) groups is 1. The fourth-order valence-corrected chi connectivity index (χ4v) is 4.37. The number of nitrogens with one attached hydrogen (secondary N) is 1. The maximum atomic E-state index is 13.3. The van der Waals surface area contributed by atoms with Gasteiger partial charge in [-0.3, -0.25) is 0 Å². The molecule has 2 aromatic carbocycles. The van der Waals surface area contributed by atoms with E-state index in [1.54, 1.807) is 6.92 Å². The molecule has 8 heteroatoms. The summed E-state index contributed by atoms with van der Waals surface area (Å²) in [6.07, 6.45) is -4.85. The van der Waals surface area contributed by atoms with Crippen molar-refractivity contribution in [2.75, 3.05) is 18.5 Å². The highest BCUT2D eigenvalue weighted by atomic mass is 19.4. The third-order valence-corrected chi connectivity index (χ3v) is 5.78. The number of benzene rings is 2. The van der Waals surface area contributed by atoms with E-state index < -0.39 is 30.1 Å². The molecule has 0 aliphatic carbocycles. The molecular weight excluding hydrogens is 411 g/mol. The van der Waals surface area contributed by atoms with E-state index in [1.807, 2.05) is 30.3 Å². The molecule has 2 heterocycles. The summed E-state index contributed by atoms with van der Waals surface area (Å²) in [5.74, 6) is -0.0581. The minimum atomic E-state index is -4.44. The summed E-state index contributed by atoms with van der Waals surface area (Å²) in [7, 11) is 0. The summed E-state index contributed by atoms with van der Waals surface area (Å²) < 4.78 is 56.1. The molecule has 2 aliphatic rings. The largest absolute Gasteiger partial charge is 0.508 e. The molecule has 0 bridgehead atoms. The number of ether oxygens (including phenoxy) is 3. The maximum absolute atomic E-state index is 13.3. The molecule has 0 radical (unpaired) electrons. The van der Waals surface area contributed by atoms with Crippen LogP contribution in [0.5, 0.6) is 0 Å². The Hall–Kier alpha value is -2.74. The number of alkyl halides is 3. The van der Waals surface area contributed by atoms with Gasteiger partial charge in [0.05, 0.1) is 30.4 Å². The molecule has 31 heavy (non-hydrogen) atoms. The van der Waals surface area contributed by atoms with Crippen LogP contribution in [0.3, 0.4) is 0 Å². The molecule has 4 rings (SSSR count). The highest BCUT2D eigenvalue weighted by Crippen LogP contribution is 2.51. The van der Waals surface area contributed by atoms with Crippen LogP contribution in [0.25, 0.3) is 0 Å². The van der Waals surface area contributed by atoms with Crippen molar-refractivity contribution in [3.05, 3.63) is 65.2 Å². The van der Waals surface area contributed by atoms with Gasteiger partial charge in [-0.1, -0.05) is 30.3 Å². The monoisotopic (exact) mass is 435 g/mol. The lowest BCUT2D eigenvalue weighted by molar-refractivity contribution is -0.138. The van der Waals surface area contributed by atoms with E-state index in [1.165, 1.54) is 6.07 Å². The van der Waals surface area contributed by atoms with Crippen molar-refractivity contribution in [1.82, 2.24) is 0 Å². The summed E-state index contributed by atoms with van der Waals surface area (Å²) in [5, 5.41) is 3.42. The number of anilines is 1. The summed E-state index contributed by atoms with van der Waals surface area (Å²) in [4.78, 5) is 11.5. The molecular formula is C23H24F3NO4. The zero-order chi connectivity index (χ0) is 22.0. The van der Waals surface area contributed by atoms with E-state index in [9.17, 15) is 18.0 Å². The smallest absolute Gasteiger partial charge is 0.435 e. The number of fused-ring (bicyclic) bond motifs is 3. The fraction of sp³-hybridized carbons (Fsp3) is 0.435. The van der Waals surface area contributed by atoms with Crippen LogP contribution >= 0.6 is 0 Å². The molecule has 0 unspecified atom stereocenters. The molecule has 5 nitrogen and oxygen atoms in total. The van der Waals surface area contributed by atoms with Gasteiger partial charge >= 0.3 is 12.3 Å². The van der Waals surface area contributed by atoms with Crippen LogP contribution in [-0.2, 0) is 20.4 Å². The highest BCUT2D eigenvalue weighted by Gasteiger charge is 2.43. The van der Waals surface area contributed by atoms with E-state index in [0.717, 1.165) is 17.7 Å². The second kappa shape index (κ2) is 8.78. The van der Waals surface area contributed by atoms with Crippen molar-refractivity contribution < 1.29 is 32.2 Å². The van der Waals surface area contributed by atoms with Gasteiger partial charge in [-0.15, -0.1) is 0 Å². The predicted molar refractivity (Wildman–Crippen MR) is 108 cm³/mol. The van der Waals surface area contributed by atoms with Gasteiger partial charge < -0.3 is 19.5 Å². The van der Waals surface area contributed by atoms with Gasteiger partial charge in [-0.05, 0) is 43.5 Å². The van der Waals surface area contributed by atoms with E-state index in [4.69, 9.17) is 14.2 Å². The Morgan fingerprint density at radius 2 is 1.90 bits per heavy atom. The first-order valence-electron chi connectivity index (χ1n) is 10.3. The number of hydrogen-bond donors (Lipinski definition) is 1. The molecule has 0 spiro atoms. The van der Waals surface area contributed by atoms with Crippen LogP contribution in [0.4, 0.5) is 23.7 Å². The third kappa shape index (κ3) is 4.63. The van der Waals surface area contributed by atoms with Crippen molar-refractivity contribution >= 4 is 11.8 Å². The Bertz CT molecular complexity index is 919. The molecule has 0 amide bonds. The van der Waals surface area contributed by atoms with Gasteiger partial charge in [0.15, 0.2) is 0 Å². The van der Waals surface area contributed by atoms with Crippen LogP contribution in [-0.4, -0.2) is 25.5 Å². The summed E-state index contributed by atoms with van der Waals surface area (Å²) in [6.45, 7) is 1.88. The molecule has 2 aliphatic heterocycles. The van der Waals surface area contributed by atoms with E-state index in [2.05, 4.69) is 5.32 Å². The van der Waals surface area contributed by atoms with Gasteiger partial charge in [0.2, 0.25) is 0 Å². The molecule has 2 aromatic rings. The molecule has 0 aromatic heterocycles. The van der Waals surface area contributed by atoms with Crippen molar-refractivity contribution in [3.63, 3.8) is 0 Å². The minimum Gasteiger partial charge on any atom is -0.435 e. The van der Waals surface area contributed by atoms with Crippen molar-refractivity contribution in [2.24, 2.45) is 5.92 Å². The Morgan fingerprint density at radius 3 is 2.61 bits per heavy atom. The Kier molecular flexibility index (Phi) is 6.09. The average Bonchev–Trinajstić information content (AvgIpc) is 2.77. The normalized spacial score (nSPS) is 25.0. The van der Waals surface area contributed by atoms with Gasteiger partial charge in [0.25, 0.3) is 0 Å². The topological polar surface area (TPSA) is 56.8 Å². The highest BCUT2D eigenvalue weighted by molar-refractivity contribution is 5.60. The lowest BCUT2D eigenvalue weighted by Gasteiger charge is -2.45. The number of halogens is 3. The van der Waals surface area contributed by atoms with Crippen molar-refractivity contribution in [1.29, 1.82) is 0 Å². The second-order valence-electron chi connectivity index (χ2n) is 7.75. The van der Waals surface area contributed by atoms with Gasteiger partial charge in [0.1, 0.15) is 6.61 Å². The molecule has 4 atom stereocenters. The molecule has 1 fully saturated rings. The number of carbonyl (C=O) groups excluding carboxylic acids is 1. The van der Waals surface area contributed by atoms with Gasteiger partial charge in [0, 0.05) is 17.2 Å². The lowest BCUT2D eigenvalue weighted by atomic mass is 9.76. The van der Waals surface area contributed by atoms with E-state index in [-0.39, 0.29) is 25.2 Å². The van der Waals surface area contributed by atoms with Crippen LogP contribution in [0, 0.1) is 5.92 Å². The van der Waals surface area contributed by atoms with Crippen molar-refractivity contribution in [2.45, 2.75) is 44.2 Å². The maximum Gasteiger partial charge on any atom is 0.508 e. The first kappa shape index (κ1) is 21.5. The summed E-state index contributed by atoms with van der Waals surface area (Å²) >= 11 is 0. The summed E-state index contributed by atoms with van der Waals surface area (Å²) in [6, 6.07) is 13.4. The van der Waals surface area contributed by atoms with Crippen LogP contribution in [0.1, 0.15) is 48.6 Å². The number of hydrogen-bond acceptors (Lipinski definition) is 5. The third-order valence-electron chi connectivity index (χ3n) is 5.78. The first-order chi connectivity index (χ1) is 14.9. The number of rotatable bonds is 4. The zero-order valence-corrected chi connectivity index (χ0v) is 17.0. The first-order valence-corrected chi connectivity index (χ1v) is 10.3. The second-order valence-corrected chi connectivity index (χ2v) is 7.75. The molecule has 1 N–H and O–H groups in total. The predicted octanol–water partition coefficient (Wildman–Crippen LogP) is 5.88.